The Morgan fingerprint density at radius 1 is 1.11 bits per heavy atom. The van der Waals surface area contributed by atoms with E-state index in [2.05, 4.69) is 10.6 Å². The van der Waals surface area contributed by atoms with E-state index in [4.69, 9.17) is 14.2 Å². The number of ether oxygens (including phenoxy) is 3. The molecule has 2 heterocycles. The second kappa shape index (κ2) is 11.2. The van der Waals surface area contributed by atoms with Crippen molar-refractivity contribution in [2.24, 2.45) is 0 Å². The van der Waals surface area contributed by atoms with Crippen LogP contribution < -0.4 is 15.4 Å². The van der Waals surface area contributed by atoms with Crippen molar-refractivity contribution in [1.82, 2.24) is 15.5 Å². The maximum absolute atomic E-state index is 13.1. The van der Waals surface area contributed by atoms with Crippen molar-refractivity contribution in [3.05, 3.63) is 64.7 Å². The lowest BCUT2D eigenvalue weighted by atomic mass is 9.90. The molecule has 0 spiro atoms. The van der Waals surface area contributed by atoms with Gasteiger partial charge in [-0.25, -0.2) is 4.79 Å². The summed E-state index contributed by atoms with van der Waals surface area (Å²) in [7, 11) is 1.55. The van der Waals surface area contributed by atoms with Crippen LogP contribution in [0.1, 0.15) is 65.0 Å². The first-order valence-corrected chi connectivity index (χ1v) is 12.6. The van der Waals surface area contributed by atoms with Gasteiger partial charge in [-0.3, -0.25) is 9.59 Å². The summed E-state index contributed by atoms with van der Waals surface area (Å²) in [4.78, 5) is 39.8. The van der Waals surface area contributed by atoms with Crippen LogP contribution in [0.3, 0.4) is 0 Å². The Hall–Kier alpha value is -3.59. The van der Waals surface area contributed by atoms with Crippen molar-refractivity contribution in [2.45, 2.75) is 44.8 Å². The average Bonchev–Trinajstić information content (AvgIpc) is 3.31. The van der Waals surface area contributed by atoms with Crippen LogP contribution in [0.4, 0.5) is 4.79 Å². The average molecular weight is 510 g/mol. The van der Waals surface area contributed by atoms with Crippen LogP contribution in [0.15, 0.2) is 42.5 Å². The number of hydrogen-bond acceptors (Lipinski definition) is 6. The van der Waals surface area contributed by atoms with E-state index >= 15 is 0 Å². The first-order chi connectivity index (χ1) is 17.7. The molecular formula is C28H35N3O6. The molecule has 2 aliphatic rings. The predicted octanol–water partition coefficient (Wildman–Crippen LogP) is 3.33. The number of benzene rings is 2. The van der Waals surface area contributed by atoms with Gasteiger partial charge in [-0.05, 0) is 44.9 Å². The standard InChI is InChI=1S/C28H35N3O6/c1-28(2,3)37-27(34)31-12-13-35-20(16-31)10-11-30-25(32)19-14-21-23(18-8-6-5-7-9-18)17-36-24(21)22(15-19)26(33)29-4/h5-9,14-15,20,23H,10-13,16-17H2,1-4H3,(H,29,33)(H,30,32)/t20-,23?/m1/s1. The van der Waals surface area contributed by atoms with Crippen molar-refractivity contribution in [2.75, 3.05) is 39.9 Å². The Bertz CT molecular complexity index is 1140. The third-order valence-corrected chi connectivity index (χ3v) is 6.37. The third kappa shape index (κ3) is 6.40. The number of carbonyl (C=O) groups excluding carboxylic acids is 3. The maximum Gasteiger partial charge on any atom is 0.410 e. The zero-order valence-electron chi connectivity index (χ0n) is 21.8. The SMILES string of the molecule is CNC(=O)c1cc(C(=O)NCC[C@@H]2CN(C(=O)OC(C)(C)C)CCO2)cc2c1OCC2c1ccccc1. The summed E-state index contributed by atoms with van der Waals surface area (Å²) in [6.07, 6.45) is -0.0348. The minimum absolute atomic E-state index is 0.0677. The molecule has 0 saturated carbocycles. The van der Waals surface area contributed by atoms with Gasteiger partial charge in [0, 0.05) is 37.2 Å². The molecule has 9 heteroatoms. The fourth-order valence-electron chi connectivity index (χ4n) is 4.56. The summed E-state index contributed by atoms with van der Waals surface area (Å²) in [6.45, 7) is 7.56. The second-order valence-corrected chi connectivity index (χ2v) is 10.3. The van der Waals surface area contributed by atoms with Crippen LogP contribution in [0, 0.1) is 0 Å². The quantitative estimate of drug-likeness (QED) is 0.619. The van der Waals surface area contributed by atoms with Crippen LogP contribution in [0.5, 0.6) is 5.75 Å². The number of nitrogens with one attached hydrogen (secondary N) is 2. The summed E-state index contributed by atoms with van der Waals surface area (Å²) in [5.74, 6) is -0.145. The van der Waals surface area contributed by atoms with Crippen molar-refractivity contribution in [3.63, 3.8) is 0 Å². The highest BCUT2D eigenvalue weighted by Crippen LogP contribution is 2.41. The summed E-state index contributed by atoms with van der Waals surface area (Å²) >= 11 is 0. The second-order valence-electron chi connectivity index (χ2n) is 10.3. The lowest BCUT2D eigenvalue weighted by Crippen LogP contribution is -2.48. The fraction of sp³-hybridized carbons (Fsp3) is 0.464. The molecule has 2 aromatic rings. The van der Waals surface area contributed by atoms with E-state index in [0.29, 0.717) is 56.1 Å². The molecule has 9 nitrogen and oxygen atoms in total. The number of morpholine rings is 1. The molecule has 0 bridgehead atoms. The number of rotatable bonds is 6. The van der Waals surface area contributed by atoms with Crippen LogP contribution in [0.2, 0.25) is 0 Å². The lowest BCUT2D eigenvalue weighted by Gasteiger charge is -2.34. The number of nitrogens with zero attached hydrogens (tertiary/aromatic N) is 1. The van der Waals surface area contributed by atoms with Crippen LogP contribution in [-0.2, 0) is 9.47 Å². The molecule has 0 aliphatic carbocycles. The topological polar surface area (TPSA) is 106 Å². The molecule has 0 radical (unpaired) electrons. The largest absolute Gasteiger partial charge is 0.491 e. The van der Waals surface area contributed by atoms with Crippen molar-refractivity contribution in [3.8, 4) is 5.75 Å². The van der Waals surface area contributed by atoms with Gasteiger partial charge in [-0.1, -0.05) is 30.3 Å². The summed E-state index contributed by atoms with van der Waals surface area (Å²) in [6, 6.07) is 13.3. The van der Waals surface area contributed by atoms with Crippen LogP contribution in [0.25, 0.3) is 0 Å². The van der Waals surface area contributed by atoms with Crippen molar-refractivity contribution < 1.29 is 28.6 Å². The minimum atomic E-state index is -0.563. The number of amides is 3. The smallest absolute Gasteiger partial charge is 0.410 e. The van der Waals surface area contributed by atoms with Gasteiger partial charge in [0.25, 0.3) is 11.8 Å². The molecule has 198 valence electrons. The van der Waals surface area contributed by atoms with Gasteiger partial charge >= 0.3 is 6.09 Å². The van der Waals surface area contributed by atoms with E-state index in [-0.39, 0.29) is 29.9 Å². The maximum atomic E-state index is 13.1. The molecule has 3 amide bonds. The van der Waals surface area contributed by atoms with Crippen LogP contribution >= 0.6 is 0 Å². The van der Waals surface area contributed by atoms with Crippen molar-refractivity contribution in [1.29, 1.82) is 0 Å². The monoisotopic (exact) mass is 509 g/mol. The summed E-state index contributed by atoms with van der Waals surface area (Å²) < 4.78 is 17.2. The zero-order valence-corrected chi connectivity index (χ0v) is 21.8. The van der Waals surface area contributed by atoms with Gasteiger partial charge < -0.3 is 29.7 Å². The fourth-order valence-corrected chi connectivity index (χ4v) is 4.56. The van der Waals surface area contributed by atoms with Gasteiger partial charge in [0.1, 0.15) is 11.4 Å². The Morgan fingerprint density at radius 3 is 2.57 bits per heavy atom. The van der Waals surface area contributed by atoms with E-state index in [1.165, 1.54) is 0 Å². The first kappa shape index (κ1) is 26.5. The first-order valence-electron chi connectivity index (χ1n) is 12.6. The molecule has 2 N–H and O–H groups in total. The van der Waals surface area contributed by atoms with Crippen molar-refractivity contribution >= 4 is 17.9 Å². The lowest BCUT2D eigenvalue weighted by molar-refractivity contribution is -0.0440. The molecule has 1 unspecified atom stereocenters. The molecule has 4 rings (SSSR count). The highest BCUT2D eigenvalue weighted by molar-refractivity contribution is 6.02. The van der Waals surface area contributed by atoms with E-state index < -0.39 is 5.60 Å². The van der Waals surface area contributed by atoms with Gasteiger partial charge in [0.2, 0.25) is 0 Å². The molecule has 37 heavy (non-hydrogen) atoms. The van der Waals surface area contributed by atoms with Gasteiger partial charge in [-0.15, -0.1) is 0 Å². The van der Waals surface area contributed by atoms with Crippen LogP contribution in [-0.4, -0.2) is 74.4 Å². The molecule has 2 aromatic carbocycles. The third-order valence-electron chi connectivity index (χ3n) is 6.37. The Labute approximate surface area is 217 Å². The summed E-state index contributed by atoms with van der Waals surface area (Å²) in [5.41, 5.74) is 2.05. The highest BCUT2D eigenvalue weighted by atomic mass is 16.6. The number of hydrogen-bond donors (Lipinski definition) is 2. The molecule has 0 aromatic heterocycles. The Balaban J connectivity index is 1.42. The van der Waals surface area contributed by atoms with Gasteiger partial charge in [0.15, 0.2) is 0 Å². The van der Waals surface area contributed by atoms with Gasteiger partial charge in [0.05, 0.1) is 31.4 Å². The van der Waals surface area contributed by atoms with E-state index in [0.717, 1.165) is 11.1 Å². The highest BCUT2D eigenvalue weighted by Gasteiger charge is 2.32. The van der Waals surface area contributed by atoms with E-state index in [9.17, 15) is 14.4 Å². The predicted molar refractivity (Wildman–Crippen MR) is 138 cm³/mol. The van der Waals surface area contributed by atoms with E-state index in [1.54, 1.807) is 18.0 Å². The minimum Gasteiger partial charge on any atom is -0.491 e. The number of fused-ring (bicyclic) bond motifs is 1. The Kier molecular flexibility index (Phi) is 8.02. The number of carbonyl (C=O) groups is 3. The molecule has 2 aliphatic heterocycles. The van der Waals surface area contributed by atoms with E-state index in [1.807, 2.05) is 57.2 Å². The molecular weight excluding hydrogens is 474 g/mol. The molecule has 1 saturated heterocycles. The Morgan fingerprint density at radius 2 is 1.86 bits per heavy atom. The molecule has 2 atom stereocenters. The van der Waals surface area contributed by atoms with Gasteiger partial charge in [-0.2, -0.15) is 0 Å². The zero-order chi connectivity index (χ0) is 26.6. The molecule has 1 fully saturated rings. The summed E-state index contributed by atoms with van der Waals surface area (Å²) in [5, 5.41) is 5.57. The normalized spacial score (nSPS) is 19.0.